The highest BCUT2D eigenvalue weighted by molar-refractivity contribution is 5.83. The average Bonchev–Trinajstić information content (AvgIpc) is 3.03. The number of aromatic amines is 1. The summed E-state index contributed by atoms with van der Waals surface area (Å²) in [5, 5.41) is 7.29. The number of rotatable bonds is 8. The zero-order chi connectivity index (χ0) is 16.6. The first kappa shape index (κ1) is 16.0. The number of amides is 1. The minimum absolute atomic E-state index is 0.0746. The van der Waals surface area contributed by atoms with Gasteiger partial charge in [0.25, 0.3) is 0 Å². The molecule has 3 aromatic rings. The Labute approximate surface area is 140 Å². The molecule has 3 N–H and O–H groups in total. The summed E-state index contributed by atoms with van der Waals surface area (Å²) in [4.78, 5) is 23.3. The van der Waals surface area contributed by atoms with Crippen LogP contribution in [0.4, 0.5) is 5.95 Å². The summed E-state index contributed by atoms with van der Waals surface area (Å²) in [6.07, 6.45) is 7.46. The van der Waals surface area contributed by atoms with Crippen molar-refractivity contribution >= 4 is 22.8 Å². The van der Waals surface area contributed by atoms with Crippen molar-refractivity contribution < 1.29 is 4.79 Å². The molecule has 0 spiro atoms. The maximum absolute atomic E-state index is 11.9. The molecular weight excluding hydrogens is 302 g/mol. The summed E-state index contributed by atoms with van der Waals surface area (Å²) in [5.74, 6) is 0.669. The van der Waals surface area contributed by atoms with Crippen molar-refractivity contribution in [3.8, 4) is 0 Å². The number of H-pyrrole nitrogens is 1. The molecule has 0 bridgehead atoms. The molecule has 24 heavy (non-hydrogen) atoms. The van der Waals surface area contributed by atoms with E-state index >= 15 is 0 Å². The third kappa shape index (κ3) is 4.32. The summed E-state index contributed by atoms with van der Waals surface area (Å²) in [7, 11) is 0. The van der Waals surface area contributed by atoms with Crippen LogP contribution in [0.25, 0.3) is 10.9 Å². The van der Waals surface area contributed by atoms with Crippen LogP contribution in [0.1, 0.15) is 18.4 Å². The number of nitrogens with zero attached hydrogens (tertiary/aromatic N) is 2. The van der Waals surface area contributed by atoms with E-state index in [0.717, 1.165) is 18.4 Å². The first-order chi connectivity index (χ1) is 11.8. The molecule has 1 amide bonds. The lowest BCUT2D eigenvalue weighted by Crippen LogP contribution is -2.25. The van der Waals surface area contributed by atoms with Crippen LogP contribution in [0.2, 0.25) is 0 Å². The SMILES string of the molecule is O=C(CCCNc1ncccn1)NCCc1c[nH]c2ccccc12. The summed E-state index contributed by atoms with van der Waals surface area (Å²) in [6, 6.07) is 9.97. The summed E-state index contributed by atoms with van der Waals surface area (Å²) in [5.41, 5.74) is 2.36. The van der Waals surface area contributed by atoms with Crippen molar-refractivity contribution in [2.45, 2.75) is 19.3 Å². The van der Waals surface area contributed by atoms with E-state index in [1.807, 2.05) is 18.3 Å². The molecule has 6 heteroatoms. The Morgan fingerprint density at radius 3 is 2.79 bits per heavy atom. The van der Waals surface area contributed by atoms with Crippen molar-refractivity contribution in [2.75, 3.05) is 18.4 Å². The number of hydrogen-bond donors (Lipinski definition) is 3. The number of para-hydroxylation sites is 1. The first-order valence-corrected chi connectivity index (χ1v) is 8.15. The van der Waals surface area contributed by atoms with Crippen LogP contribution in [0, 0.1) is 0 Å². The molecule has 0 aliphatic carbocycles. The molecule has 1 aromatic carbocycles. The van der Waals surface area contributed by atoms with Gasteiger partial charge in [0.05, 0.1) is 0 Å². The van der Waals surface area contributed by atoms with Gasteiger partial charge in [0.2, 0.25) is 11.9 Å². The molecule has 0 aliphatic rings. The number of benzene rings is 1. The van der Waals surface area contributed by atoms with Crippen LogP contribution in [-0.4, -0.2) is 33.9 Å². The second-order valence-corrected chi connectivity index (χ2v) is 5.56. The molecule has 0 unspecified atom stereocenters. The van der Waals surface area contributed by atoms with E-state index in [2.05, 4.69) is 37.7 Å². The first-order valence-electron chi connectivity index (χ1n) is 8.15. The van der Waals surface area contributed by atoms with Gasteiger partial charge in [-0.3, -0.25) is 4.79 Å². The van der Waals surface area contributed by atoms with Gasteiger partial charge in [-0.15, -0.1) is 0 Å². The van der Waals surface area contributed by atoms with Gasteiger partial charge >= 0.3 is 0 Å². The monoisotopic (exact) mass is 323 g/mol. The van der Waals surface area contributed by atoms with Gasteiger partial charge in [0.1, 0.15) is 0 Å². The topological polar surface area (TPSA) is 82.7 Å². The lowest BCUT2D eigenvalue weighted by molar-refractivity contribution is -0.121. The third-order valence-electron chi connectivity index (χ3n) is 3.82. The van der Waals surface area contributed by atoms with E-state index in [4.69, 9.17) is 0 Å². The highest BCUT2D eigenvalue weighted by Crippen LogP contribution is 2.17. The summed E-state index contributed by atoms with van der Waals surface area (Å²) >= 11 is 0. The van der Waals surface area contributed by atoms with Crippen LogP contribution >= 0.6 is 0 Å². The van der Waals surface area contributed by atoms with Gasteiger partial charge in [-0.2, -0.15) is 0 Å². The third-order valence-corrected chi connectivity index (χ3v) is 3.82. The fraction of sp³-hybridized carbons (Fsp3) is 0.278. The number of carbonyl (C=O) groups excluding carboxylic acids is 1. The number of carbonyl (C=O) groups is 1. The van der Waals surface area contributed by atoms with Gasteiger partial charge in [-0.1, -0.05) is 18.2 Å². The lowest BCUT2D eigenvalue weighted by Gasteiger charge is -2.06. The van der Waals surface area contributed by atoms with Crippen molar-refractivity contribution in [2.24, 2.45) is 0 Å². The van der Waals surface area contributed by atoms with Gasteiger partial charge in [-0.25, -0.2) is 9.97 Å². The average molecular weight is 323 g/mol. The van der Waals surface area contributed by atoms with E-state index in [1.54, 1.807) is 18.5 Å². The van der Waals surface area contributed by atoms with E-state index in [0.29, 0.717) is 25.5 Å². The van der Waals surface area contributed by atoms with Crippen molar-refractivity contribution in [1.82, 2.24) is 20.3 Å². The zero-order valence-electron chi connectivity index (χ0n) is 13.5. The number of anilines is 1. The highest BCUT2D eigenvalue weighted by atomic mass is 16.1. The molecule has 2 heterocycles. The molecule has 0 aliphatic heterocycles. The molecular formula is C18H21N5O. The second kappa shape index (κ2) is 8.10. The van der Waals surface area contributed by atoms with Gasteiger partial charge in [0.15, 0.2) is 0 Å². The van der Waals surface area contributed by atoms with Crippen LogP contribution in [0.3, 0.4) is 0 Å². The fourth-order valence-electron chi connectivity index (χ4n) is 2.60. The minimum Gasteiger partial charge on any atom is -0.361 e. The highest BCUT2D eigenvalue weighted by Gasteiger charge is 2.04. The van der Waals surface area contributed by atoms with E-state index < -0.39 is 0 Å². The van der Waals surface area contributed by atoms with Crippen molar-refractivity contribution in [3.05, 3.63) is 54.5 Å². The Bertz CT molecular complexity index is 784. The van der Waals surface area contributed by atoms with E-state index in [1.165, 1.54) is 10.9 Å². The Morgan fingerprint density at radius 2 is 1.92 bits per heavy atom. The predicted octanol–water partition coefficient (Wildman–Crippen LogP) is 2.51. The van der Waals surface area contributed by atoms with E-state index in [9.17, 15) is 4.79 Å². The Balaban J connectivity index is 1.34. The van der Waals surface area contributed by atoms with Crippen LogP contribution in [-0.2, 0) is 11.2 Å². The number of aromatic nitrogens is 3. The maximum Gasteiger partial charge on any atom is 0.222 e. The fourth-order valence-corrected chi connectivity index (χ4v) is 2.60. The number of nitrogens with one attached hydrogen (secondary N) is 3. The van der Waals surface area contributed by atoms with Gasteiger partial charge in [-0.05, 0) is 30.5 Å². The molecule has 0 radical (unpaired) electrons. The van der Waals surface area contributed by atoms with Crippen LogP contribution in [0.15, 0.2) is 48.9 Å². The Kier molecular flexibility index (Phi) is 5.40. The molecule has 124 valence electrons. The Morgan fingerprint density at radius 1 is 1.08 bits per heavy atom. The molecule has 3 rings (SSSR count). The molecule has 0 saturated carbocycles. The lowest BCUT2D eigenvalue weighted by atomic mass is 10.1. The quantitative estimate of drug-likeness (QED) is 0.556. The number of fused-ring (bicyclic) bond motifs is 1. The zero-order valence-corrected chi connectivity index (χ0v) is 13.5. The van der Waals surface area contributed by atoms with Gasteiger partial charge < -0.3 is 15.6 Å². The molecule has 2 aromatic heterocycles. The molecule has 0 saturated heterocycles. The van der Waals surface area contributed by atoms with Crippen LogP contribution < -0.4 is 10.6 Å². The minimum atomic E-state index is 0.0746. The second-order valence-electron chi connectivity index (χ2n) is 5.56. The molecule has 0 atom stereocenters. The van der Waals surface area contributed by atoms with Crippen molar-refractivity contribution in [1.29, 1.82) is 0 Å². The van der Waals surface area contributed by atoms with Gasteiger partial charge in [0, 0.05) is 49.0 Å². The van der Waals surface area contributed by atoms with E-state index in [-0.39, 0.29) is 5.91 Å². The Hall–Kier alpha value is -2.89. The smallest absolute Gasteiger partial charge is 0.222 e. The largest absolute Gasteiger partial charge is 0.361 e. The van der Waals surface area contributed by atoms with Crippen molar-refractivity contribution in [3.63, 3.8) is 0 Å². The number of hydrogen-bond acceptors (Lipinski definition) is 4. The predicted molar refractivity (Wildman–Crippen MR) is 94.8 cm³/mol. The maximum atomic E-state index is 11.9. The summed E-state index contributed by atoms with van der Waals surface area (Å²) in [6.45, 7) is 1.33. The standard InChI is InChI=1S/C18H21N5O/c24-17(7-3-9-20-18-21-10-4-11-22-18)19-12-8-14-13-23-16-6-2-1-5-15(14)16/h1-2,4-6,10-11,13,23H,3,7-9,12H2,(H,19,24)(H,20,21,22). The summed E-state index contributed by atoms with van der Waals surface area (Å²) < 4.78 is 0. The normalized spacial score (nSPS) is 10.7. The van der Waals surface area contributed by atoms with Crippen LogP contribution in [0.5, 0.6) is 0 Å². The molecule has 6 nitrogen and oxygen atoms in total. The molecule has 0 fully saturated rings.